The monoisotopic (exact) mass is 766 g/mol. The van der Waals surface area contributed by atoms with Gasteiger partial charge in [0.2, 0.25) is 27.7 Å². The molecule has 1 saturated heterocycles. The first-order valence-electron chi connectivity index (χ1n) is 19.0. The van der Waals surface area contributed by atoms with Crippen molar-refractivity contribution in [2.24, 2.45) is 11.8 Å². The Bertz CT molecular complexity index is 1960. The molecule has 1 aromatic heterocycles. The van der Waals surface area contributed by atoms with Gasteiger partial charge in [0.15, 0.2) is 0 Å². The number of nitrogens with one attached hydrogen (secondary N) is 3. The first-order valence-corrected chi connectivity index (χ1v) is 20.5. The molecule has 54 heavy (non-hydrogen) atoms. The Hall–Kier alpha value is -4.47. The largest absolute Gasteiger partial charge is 0.497 e. The summed E-state index contributed by atoms with van der Waals surface area (Å²) in [5, 5.41) is 5.68. The van der Waals surface area contributed by atoms with Crippen molar-refractivity contribution in [3.05, 3.63) is 36.0 Å². The molecule has 16 heteroatoms. The maximum atomic E-state index is 14.5. The number of sulfonamides is 1. The Morgan fingerprint density at radius 3 is 2.57 bits per heavy atom. The third kappa shape index (κ3) is 7.85. The lowest BCUT2D eigenvalue weighted by atomic mass is 10.0. The van der Waals surface area contributed by atoms with Crippen LogP contribution in [0.4, 0.5) is 4.79 Å². The molecular formula is C38H50N6O9S. The molecule has 7 rings (SSSR count). The van der Waals surface area contributed by atoms with Gasteiger partial charge < -0.3 is 29.7 Å². The van der Waals surface area contributed by atoms with Crippen LogP contribution in [0.3, 0.4) is 0 Å². The summed E-state index contributed by atoms with van der Waals surface area (Å²) in [6.07, 6.45) is 8.45. The fourth-order valence-corrected chi connectivity index (χ4v) is 8.77. The van der Waals surface area contributed by atoms with Crippen molar-refractivity contribution in [2.45, 2.75) is 126 Å². The minimum Gasteiger partial charge on any atom is -0.497 e. The number of ether oxygens (including phenoxy) is 3. The molecule has 4 fully saturated rings. The summed E-state index contributed by atoms with van der Waals surface area (Å²) in [6.45, 7) is 5.17. The number of carbonyl (C=O) groups is 4. The van der Waals surface area contributed by atoms with E-state index in [1.807, 2.05) is 19.1 Å². The number of allylic oxidation sites excluding steroid dienone is 1. The van der Waals surface area contributed by atoms with Crippen LogP contribution in [0.25, 0.3) is 11.0 Å². The molecule has 3 N–H and O–H groups in total. The van der Waals surface area contributed by atoms with Crippen LogP contribution in [0, 0.1) is 18.8 Å². The SMILES string of the molecule is COc1ccc2nc(C)c(O[C@@H]3C[C@H]4C(=O)N[C@]5(C(=O)NS(=O)(=O)C6(C)CC6)C[C@H]5/C=C\CCCCC[C@H](NC(=O)O[C@H](C)C5CC5)C(=O)N4C3)nc2c1. The lowest BCUT2D eigenvalue weighted by Gasteiger charge is -2.30. The lowest BCUT2D eigenvalue weighted by molar-refractivity contribution is -0.141. The van der Waals surface area contributed by atoms with Crippen LogP contribution in [0.1, 0.15) is 90.2 Å². The zero-order chi connectivity index (χ0) is 38.4. The van der Waals surface area contributed by atoms with Gasteiger partial charge in [-0.2, -0.15) is 0 Å². The van der Waals surface area contributed by atoms with Gasteiger partial charge in [0.25, 0.3) is 5.91 Å². The van der Waals surface area contributed by atoms with Crippen LogP contribution in [0.15, 0.2) is 30.4 Å². The maximum Gasteiger partial charge on any atom is 0.408 e. The van der Waals surface area contributed by atoms with E-state index in [1.54, 1.807) is 39.2 Å². The summed E-state index contributed by atoms with van der Waals surface area (Å²) in [7, 11) is -2.43. The standard InChI is InChI=1S/C38H50N6O9S/c1-22-33(40-30-18-26(51-4)14-15-28(30)39-22)53-27-19-31-32(45)42-38(35(47)43-54(49,50)37(3)16-17-37)20-25(38)10-8-6-5-7-9-11-29(34(46)44(31)21-27)41-36(48)52-23(2)24-12-13-24/h8,10,14-15,18,23-25,27,29,31H,5-7,9,11-13,16-17,19-21H2,1-4H3,(H,41,48)(H,42,45)(H,43,47)/b10-8-/t23-,25-,27-,29+,31+,38-/m1/s1. The van der Waals surface area contributed by atoms with E-state index in [-0.39, 0.29) is 31.4 Å². The molecule has 0 bridgehead atoms. The van der Waals surface area contributed by atoms with E-state index in [4.69, 9.17) is 14.2 Å². The molecule has 3 aliphatic carbocycles. The van der Waals surface area contributed by atoms with Crippen molar-refractivity contribution in [1.29, 1.82) is 0 Å². The summed E-state index contributed by atoms with van der Waals surface area (Å²) in [4.78, 5) is 66.5. The van der Waals surface area contributed by atoms with Crippen molar-refractivity contribution in [2.75, 3.05) is 13.7 Å². The lowest BCUT2D eigenvalue weighted by Crippen LogP contribution is -2.58. The van der Waals surface area contributed by atoms with Crippen LogP contribution in [-0.2, 0) is 29.1 Å². The van der Waals surface area contributed by atoms with Gasteiger partial charge in [0.1, 0.15) is 41.3 Å². The predicted molar refractivity (Wildman–Crippen MR) is 197 cm³/mol. The van der Waals surface area contributed by atoms with Crippen LogP contribution in [0.5, 0.6) is 11.6 Å². The molecule has 0 unspecified atom stereocenters. The number of nitrogens with zero attached hydrogens (tertiary/aromatic N) is 3. The molecule has 0 spiro atoms. The van der Waals surface area contributed by atoms with E-state index in [0.717, 1.165) is 25.7 Å². The van der Waals surface area contributed by atoms with Crippen LogP contribution in [0.2, 0.25) is 0 Å². The number of fused-ring (bicyclic) bond motifs is 3. The zero-order valence-corrected chi connectivity index (χ0v) is 32.1. The van der Waals surface area contributed by atoms with Gasteiger partial charge in [0.05, 0.1) is 29.4 Å². The second-order valence-electron chi connectivity index (χ2n) is 15.8. The Balaban J connectivity index is 1.17. The summed E-state index contributed by atoms with van der Waals surface area (Å²) < 4.78 is 44.9. The average molecular weight is 767 g/mol. The fourth-order valence-electron chi connectivity index (χ4n) is 7.46. The smallest absolute Gasteiger partial charge is 0.408 e. The highest BCUT2D eigenvalue weighted by Crippen LogP contribution is 2.47. The number of rotatable bonds is 9. The molecule has 2 aromatic rings. The van der Waals surface area contributed by atoms with E-state index < -0.39 is 68.2 Å². The van der Waals surface area contributed by atoms with Crippen molar-refractivity contribution < 1.29 is 41.8 Å². The van der Waals surface area contributed by atoms with Gasteiger partial charge in [-0.05, 0) is 90.2 Å². The highest BCUT2D eigenvalue weighted by atomic mass is 32.2. The highest BCUT2D eigenvalue weighted by molar-refractivity contribution is 7.91. The summed E-state index contributed by atoms with van der Waals surface area (Å²) in [5.74, 6) is -1.21. The highest BCUT2D eigenvalue weighted by Gasteiger charge is 2.63. The van der Waals surface area contributed by atoms with Gasteiger partial charge in [-0.25, -0.2) is 23.2 Å². The number of hydrogen-bond acceptors (Lipinski definition) is 11. The van der Waals surface area contributed by atoms with Gasteiger partial charge in [-0.1, -0.05) is 25.0 Å². The number of aromatic nitrogens is 2. The van der Waals surface area contributed by atoms with E-state index >= 15 is 0 Å². The Morgan fingerprint density at radius 2 is 1.85 bits per heavy atom. The van der Waals surface area contributed by atoms with Gasteiger partial charge in [-0.15, -0.1) is 0 Å². The second-order valence-corrected chi connectivity index (χ2v) is 18.0. The van der Waals surface area contributed by atoms with Gasteiger partial charge >= 0.3 is 6.09 Å². The molecule has 292 valence electrons. The molecule has 4 amide bonds. The normalized spacial score (nSPS) is 29.3. The number of aryl methyl sites for hydroxylation is 1. The van der Waals surface area contributed by atoms with E-state index in [2.05, 4.69) is 25.3 Å². The topological polar surface area (TPSA) is 195 Å². The third-order valence-corrected chi connectivity index (χ3v) is 13.8. The predicted octanol–water partition coefficient (Wildman–Crippen LogP) is 3.58. The molecule has 3 saturated carbocycles. The van der Waals surface area contributed by atoms with Crippen molar-refractivity contribution in [3.63, 3.8) is 0 Å². The second kappa shape index (κ2) is 14.6. The molecule has 5 aliphatic rings. The average Bonchev–Trinajstić information content (AvgIpc) is 4.06. The number of hydrogen-bond donors (Lipinski definition) is 3. The maximum absolute atomic E-state index is 14.5. The molecule has 0 radical (unpaired) electrons. The quantitative estimate of drug-likeness (QED) is 0.316. The van der Waals surface area contributed by atoms with Crippen LogP contribution < -0.4 is 24.8 Å². The van der Waals surface area contributed by atoms with Crippen molar-refractivity contribution in [1.82, 2.24) is 30.2 Å². The third-order valence-electron chi connectivity index (χ3n) is 11.6. The molecule has 15 nitrogen and oxygen atoms in total. The first-order chi connectivity index (χ1) is 25.7. The van der Waals surface area contributed by atoms with Gasteiger partial charge in [0, 0.05) is 18.4 Å². The molecule has 6 atom stereocenters. The van der Waals surface area contributed by atoms with E-state index in [0.29, 0.717) is 60.5 Å². The Labute approximate surface area is 315 Å². The summed E-state index contributed by atoms with van der Waals surface area (Å²) >= 11 is 0. The van der Waals surface area contributed by atoms with Crippen LogP contribution >= 0.6 is 0 Å². The van der Waals surface area contributed by atoms with E-state index in [1.165, 1.54) is 4.90 Å². The fraction of sp³-hybridized carbons (Fsp3) is 0.632. The Kier molecular flexibility index (Phi) is 10.3. The minimum absolute atomic E-state index is 0.0187. The van der Waals surface area contributed by atoms with Crippen LogP contribution in [-0.4, -0.2) is 95.3 Å². The molecular weight excluding hydrogens is 717 g/mol. The molecule has 1 aromatic carbocycles. The van der Waals surface area contributed by atoms with E-state index in [9.17, 15) is 27.6 Å². The number of methoxy groups -OCH3 is 1. The number of alkyl carbamates (subject to hydrolysis) is 1. The Morgan fingerprint density at radius 1 is 1.07 bits per heavy atom. The van der Waals surface area contributed by atoms with Gasteiger partial charge in [-0.3, -0.25) is 19.1 Å². The van der Waals surface area contributed by atoms with Crippen molar-refractivity contribution in [3.8, 4) is 11.6 Å². The number of benzene rings is 1. The number of carbonyl (C=O) groups excluding carboxylic acids is 4. The molecule has 3 heterocycles. The molecule has 2 aliphatic heterocycles. The summed E-state index contributed by atoms with van der Waals surface area (Å²) in [6, 6.07) is 3.21. The number of amides is 4. The minimum atomic E-state index is -3.99. The van der Waals surface area contributed by atoms with Crippen molar-refractivity contribution >= 4 is 44.9 Å². The first kappa shape index (κ1) is 37.8. The summed E-state index contributed by atoms with van der Waals surface area (Å²) in [5.41, 5.74) is 0.171. The zero-order valence-electron chi connectivity index (χ0n) is 31.3.